The van der Waals surface area contributed by atoms with E-state index >= 15 is 0 Å². The number of rotatable bonds is 66. The van der Waals surface area contributed by atoms with Crippen LogP contribution in [-0.2, 0) is 75.5 Å². The van der Waals surface area contributed by atoms with Gasteiger partial charge in [-0.25, -0.2) is 19.1 Å². The molecule has 21 heteroatoms. The molecule has 11 atom stereocenters. The van der Waals surface area contributed by atoms with E-state index < -0.39 is 87.4 Å². The Morgan fingerprint density at radius 2 is 1.03 bits per heavy atom. The molecule has 564 valence electrons. The summed E-state index contributed by atoms with van der Waals surface area (Å²) in [5, 5.41) is 18.2. The Labute approximate surface area is 587 Å². The highest BCUT2D eigenvalue weighted by atomic mass is 31.2. The SMILES string of the molecule is C=CCOC(=O)O[C@@H]1C(OO[C@@H]2O[C@H](COC)[C@@H](OP(=O)(OCC=C)OCC=C)[C@H](OCC[C@@H](CCCCCCC)OC)[C@H]2NC(=O)CCCCCCCCC/C=C\CCCCCC)CC(O)[C@H](NC(=O)CC(=O)CCCCCCCCCCC)[C@H]1OCCCCCCCCCC. The van der Waals surface area contributed by atoms with Crippen molar-refractivity contribution in [3.8, 4) is 0 Å². The van der Waals surface area contributed by atoms with Gasteiger partial charge in [0, 0.05) is 46.7 Å². The van der Waals surface area contributed by atoms with E-state index in [2.05, 4.69) is 70.2 Å². The topological polar surface area (TPSA) is 240 Å². The molecule has 0 bridgehead atoms. The average Bonchev–Trinajstić information content (AvgIpc) is 0.788. The van der Waals surface area contributed by atoms with E-state index in [-0.39, 0.29) is 76.7 Å². The largest absolute Gasteiger partial charge is 0.509 e. The van der Waals surface area contributed by atoms with Crippen LogP contribution in [0, 0.1) is 0 Å². The number of hydrogen-bond acceptors (Lipinski definition) is 18. The lowest BCUT2D eigenvalue weighted by molar-refractivity contribution is -0.439. The molecule has 0 spiro atoms. The standard InChI is InChI=1S/C76H137N2O18P/c1-10-17-21-25-28-31-32-33-34-35-36-38-40-44-48-52-67(81)77-70-74(88-58-53-63(86-9)51-47-42-24-20-13-4)72(96-97(84,90-55-15-6)91-56-16-7)66(61-85-8)92-75(70)95-94-65-60-64(80)69(78-68(82)59-62(79)50-46-43-39-37-29-26-22-18-11-2)73(71(65)93-76(83)89-54-14-5)87-57-49-45-41-30-27-23-19-12-3/h14-16,31-32,63-66,69-75,80H,5-7,10-13,17-30,33-61H2,1-4,8-9H3,(H,77,81)(H,78,82)/b32-31-/t63-,64?,65?,66-,69+,70-,71-,72-,73-,74-,75+/m1/s1. The van der Waals surface area contributed by atoms with Crippen molar-refractivity contribution in [2.75, 3.05) is 53.9 Å². The zero-order valence-electron chi connectivity index (χ0n) is 61.4. The molecular weight excluding hydrogens is 1260 g/mol. The third kappa shape index (κ3) is 42.6. The first-order valence-electron chi connectivity index (χ1n) is 38.2. The predicted molar refractivity (Wildman–Crippen MR) is 384 cm³/mol. The van der Waals surface area contributed by atoms with Gasteiger partial charge in [0.25, 0.3) is 0 Å². The fourth-order valence-electron chi connectivity index (χ4n) is 12.4. The van der Waals surface area contributed by atoms with Crippen molar-refractivity contribution >= 4 is 31.6 Å². The van der Waals surface area contributed by atoms with Crippen LogP contribution in [0.25, 0.3) is 0 Å². The Bertz CT molecular complexity index is 2070. The lowest BCUT2D eigenvalue weighted by Crippen LogP contribution is -2.67. The van der Waals surface area contributed by atoms with Gasteiger partial charge >= 0.3 is 14.0 Å². The summed E-state index contributed by atoms with van der Waals surface area (Å²) < 4.78 is 75.9. The highest BCUT2D eigenvalue weighted by molar-refractivity contribution is 7.48. The number of nitrogens with one attached hydrogen (secondary N) is 2. The molecule has 1 heterocycles. The Balaban J connectivity index is 2.65. The summed E-state index contributed by atoms with van der Waals surface area (Å²) in [5.41, 5.74) is 0. The number of amides is 2. The first kappa shape index (κ1) is 89.7. The minimum Gasteiger partial charge on any atom is -0.430 e. The molecular formula is C76H137N2O18P. The number of ether oxygens (including phenoxy) is 7. The number of aliphatic hydroxyl groups excluding tert-OH is 1. The quantitative estimate of drug-likeness (QED) is 0.00975. The van der Waals surface area contributed by atoms with E-state index in [9.17, 15) is 28.8 Å². The van der Waals surface area contributed by atoms with Crippen LogP contribution in [0.3, 0.4) is 0 Å². The molecule has 0 aromatic rings. The van der Waals surface area contributed by atoms with E-state index in [1.54, 1.807) is 7.11 Å². The lowest BCUT2D eigenvalue weighted by atomic mass is 9.84. The van der Waals surface area contributed by atoms with Gasteiger partial charge in [-0.1, -0.05) is 244 Å². The van der Waals surface area contributed by atoms with E-state index in [4.69, 9.17) is 56.5 Å². The van der Waals surface area contributed by atoms with Crippen LogP contribution in [0.4, 0.5) is 4.79 Å². The first-order valence-corrected chi connectivity index (χ1v) is 39.6. The van der Waals surface area contributed by atoms with Crippen LogP contribution < -0.4 is 10.6 Å². The number of unbranched alkanes of at least 4 members (excludes halogenated alkanes) is 30. The summed E-state index contributed by atoms with van der Waals surface area (Å²) in [6.07, 6.45) is 35.0. The zero-order valence-corrected chi connectivity index (χ0v) is 62.3. The van der Waals surface area contributed by atoms with Gasteiger partial charge in [-0.2, -0.15) is 0 Å². The Morgan fingerprint density at radius 3 is 1.58 bits per heavy atom. The maximum absolute atomic E-state index is 14.7. The van der Waals surface area contributed by atoms with Crippen molar-refractivity contribution in [1.82, 2.24) is 10.6 Å². The van der Waals surface area contributed by atoms with Gasteiger partial charge in [0.2, 0.25) is 18.1 Å². The van der Waals surface area contributed by atoms with Crippen LogP contribution in [0.5, 0.6) is 0 Å². The number of hydrogen-bond donors (Lipinski definition) is 3. The van der Waals surface area contributed by atoms with Gasteiger partial charge in [-0.15, -0.1) is 13.2 Å². The van der Waals surface area contributed by atoms with E-state index in [1.165, 1.54) is 96.0 Å². The number of Topliss-reactive ketones (excluding diaryl/α,β-unsaturated/α-hetero) is 1. The van der Waals surface area contributed by atoms with Crippen molar-refractivity contribution in [2.45, 2.75) is 358 Å². The van der Waals surface area contributed by atoms with Crippen LogP contribution in [0.15, 0.2) is 50.1 Å². The number of ketones is 1. The second-order valence-electron chi connectivity index (χ2n) is 26.5. The van der Waals surface area contributed by atoms with Crippen molar-refractivity contribution in [3.05, 3.63) is 50.1 Å². The number of phosphoric acid groups is 1. The molecule has 2 fully saturated rings. The third-order valence-corrected chi connectivity index (χ3v) is 19.4. The zero-order chi connectivity index (χ0) is 70.8. The minimum atomic E-state index is -4.50. The molecule has 3 N–H and O–H groups in total. The van der Waals surface area contributed by atoms with Crippen molar-refractivity contribution < 1.29 is 85.4 Å². The molecule has 1 aliphatic carbocycles. The summed E-state index contributed by atoms with van der Waals surface area (Å²) in [4.78, 5) is 68.2. The van der Waals surface area contributed by atoms with Crippen LogP contribution in [0.1, 0.15) is 291 Å². The van der Waals surface area contributed by atoms with Crippen LogP contribution in [0.2, 0.25) is 0 Å². The number of carbonyl (C=O) groups is 4. The normalized spacial score (nSPS) is 21.5. The summed E-state index contributed by atoms with van der Waals surface area (Å²) >= 11 is 0. The molecule has 2 unspecified atom stereocenters. The second-order valence-corrected chi connectivity index (χ2v) is 28.1. The van der Waals surface area contributed by atoms with Gasteiger partial charge in [-0.3, -0.25) is 28.0 Å². The Morgan fingerprint density at radius 1 is 0.546 bits per heavy atom. The first-order chi connectivity index (χ1) is 47.3. The molecule has 0 aromatic carbocycles. The number of allylic oxidation sites excluding steroid dienone is 2. The monoisotopic (exact) mass is 1400 g/mol. The van der Waals surface area contributed by atoms with Gasteiger partial charge in [0.1, 0.15) is 49.0 Å². The molecule has 20 nitrogen and oxygen atoms in total. The molecule has 2 amide bonds. The van der Waals surface area contributed by atoms with Gasteiger partial charge in [0.05, 0.1) is 44.5 Å². The van der Waals surface area contributed by atoms with Gasteiger partial charge in [0.15, 0.2) is 6.10 Å². The molecule has 0 aromatic heterocycles. The number of carbonyl (C=O) groups excluding carboxylic acids is 4. The van der Waals surface area contributed by atoms with Gasteiger partial charge in [-0.05, 0) is 57.8 Å². The molecule has 2 rings (SSSR count). The van der Waals surface area contributed by atoms with Crippen LogP contribution >= 0.6 is 7.82 Å². The lowest BCUT2D eigenvalue weighted by Gasteiger charge is -2.47. The molecule has 1 aliphatic heterocycles. The fourth-order valence-corrected chi connectivity index (χ4v) is 13.7. The number of methoxy groups -OCH3 is 2. The summed E-state index contributed by atoms with van der Waals surface area (Å²) in [5.74, 6) is -1.21. The number of phosphoric ester groups is 1. The average molecular weight is 1400 g/mol. The van der Waals surface area contributed by atoms with Gasteiger partial charge < -0.3 is 48.9 Å². The highest BCUT2D eigenvalue weighted by Crippen LogP contribution is 2.52. The van der Waals surface area contributed by atoms with Crippen molar-refractivity contribution in [1.29, 1.82) is 0 Å². The van der Waals surface area contributed by atoms with Crippen molar-refractivity contribution in [2.24, 2.45) is 0 Å². The number of aliphatic hydroxyl groups is 1. The van der Waals surface area contributed by atoms with Crippen LogP contribution in [-0.4, -0.2) is 150 Å². The molecule has 97 heavy (non-hydrogen) atoms. The Kier molecular flexibility index (Phi) is 55.7. The Hall–Kier alpha value is -3.37. The fraction of sp³-hybridized carbons (Fsp3) is 0.842. The molecule has 2 aliphatic rings. The van der Waals surface area contributed by atoms with Crippen molar-refractivity contribution in [3.63, 3.8) is 0 Å². The smallest absolute Gasteiger partial charge is 0.430 e. The maximum atomic E-state index is 14.7. The second kappa shape index (κ2) is 60.2. The minimum absolute atomic E-state index is 0.0751. The summed E-state index contributed by atoms with van der Waals surface area (Å²) in [7, 11) is -1.38. The maximum Gasteiger partial charge on any atom is 0.509 e. The third-order valence-electron chi connectivity index (χ3n) is 17.9. The van der Waals surface area contributed by atoms with E-state index in [0.29, 0.717) is 25.7 Å². The highest BCUT2D eigenvalue weighted by Gasteiger charge is 2.54. The van der Waals surface area contributed by atoms with E-state index in [1.807, 2.05) is 0 Å². The summed E-state index contributed by atoms with van der Waals surface area (Å²) in [6.45, 7) is 19.3. The van der Waals surface area contributed by atoms with E-state index in [0.717, 1.165) is 141 Å². The molecule has 1 saturated carbocycles. The predicted octanol–water partition coefficient (Wildman–Crippen LogP) is 17.6. The summed E-state index contributed by atoms with van der Waals surface area (Å²) in [6, 6.07) is -2.47. The molecule has 1 saturated heterocycles. The molecule has 0 radical (unpaired) electrons.